The van der Waals surface area contributed by atoms with Crippen LogP contribution in [0.2, 0.25) is 5.02 Å². The Balaban J connectivity index is 1.68. The Morgan fingerprint density at radius 2 is 1.97 bits per heavy atom. The molecule has 1 saturated heterocycles. The van der Waals surface area contributed by atoms with Crippen molar-refractivity contribution in [2.75, 3.05) is 33.5 Å². The van der Waals surface area contributed by atoms with E-state index in [1.165, 1.54) is 7.11 Å². The zero-order valence-electron chi connectivity index (χ0n) is 19.0. The summed E-state index contributed by atoms with van der Waals surface area (Å²) >= 11 is 7.15. The summed E-state index contributed by atoms with van der Waals surface area (Å²) in [6.45, 7) is 3.86. The van der Waals surface area contributed by atoms with E-state index < -0.39 is 11.9 Å². The highest BCUT2D eigenvalue weighted by atomic mass is 35.5. The molecule has 0 saturated carbocycles. The van der Waals surface area contributed by atoms with Gasteiger partial charge >= 0.3 is 5.97 Å². The maximum absolute atomic E-state index is 12.8. The Hall–Kier alpha value is -3.17. The van der Waals surface area contributed by atoms with E-state index in [1.54, 1.807) is 25.1 Å². The second kappa shape index (κ2) is 11.8. The predicted molar refractivity (Wildman–Crippen MR) is 129 cm³/mol. The van der Waals surface area contributed by atoms with E-state index in [1.807, 2.05) is 31.2 Å². The Morgan fingerprint density at radius 1 is 1.18 bits per heavy atom. The number of hydrogen-bond donors (Lipinski definition) is 0. The van der Waals surface area contributed by atoms with Gasteiger partial charge in [0, 0.05) is 0 Å². The lowest BCUT2D eigenvalue weighted by molar-refractivity contribution is -0.145. The highest BCUT2D eigenvalue weighted by Crippen LogP contribution is 2.39. The summed E-state index contributed by atoms with van der Waals surface area (Å²) in [4.78, 5) is 38.1. The van der Waals surface area contributed by atoms with E-state index in [0.29, 0.717) is 11.3 Å². The van der Waals surface area contributed by atoms with Gasteiger partial charge in [-0.25, -0.2) is 4.79 Å². The first-order chi connectivity index (χ1) is 16.3. The average molecular weight is 506 g/mol. The summed E-state index contributed by atoms with van der Waals surface area (Å²) in [6.07, 6.45) is 1.55. The van der Waals surface area contributed by atoms with Crippen molar-refractivity contribution in [1.82, 2.24) is 4.90 Å². The van der Waals surface area contributed by atoms with Gasteiger partial charge in [-0.05, 0) is 67.1 Å². The van der Waals surface area contributed by atoms with Crippen LogP contribution in [0.4, 0.5) is 4.79 Å². The maximum Gasteiger partial charge on any atom is 0.344 e. The minimum atomic E-state index is -0.537. The Labute approximate surface area is 206 Å². The molecule has 34 heavy (non-hydrogen) atoms. The van der Waals surface area contributed by atoms with Gasteiger partial charge in [0.15, 0.2) is 18.1 Å². The number of hydrogen-bond acceptors (Lipinski definition) is 8. The van der Waals surface area contributed by atoms with Crippen molar-refractivity contribution in [2.45, 2.75) is 13.8 Å². The van der Waals surface area contributed by atoms with Gasteiger partial charge in [0.05, 0.1) is 30.2 Å². The molecule has 0 aliphatic carbocycles. The third-order valence-corrected chi connectivity index (χ3v) is 5.82. The zero-order chi connectivity index (χ0) is 24.7. The van der Waals surface area contributed by atoms with E-state index in [4.69, 9.17) is 30.5 Å². The number of ether oxygens (including phenoxy) is 4. The Kier molecular flexibility index (Phi) is 8.84. The van der Waals surface area contributed by atoms with E-state index >= 15 is 0 Å². The molecule has 8 nitrogen and oxygen atoms in total. The summed E-state index contributed by atoms with van der Waals surface area (Å²) in [5.74, 6) is 0.171. The molecule has 0 aromatic heterocycles. The highest BCUT2D eigenvalue weighted by molar-refractivity contribution is 8.18. The third-order valence-electron chi connectivity index (χ3n) is 4.64. The van der Waals surface area contributed by atoms with Gasteiger partial charge in [0.2, 0.25) is 0 Å². The fraction of sp³-hybridized carbons (Fsp3) is 0.292. The monoisotopic (exact) mass is 505 g/mol. The molecule has 3 rings (SSSR count). The third kappa shape index (κ3) is 6.45. The number of carbonyl (C=O) groups is 3. The van der Waals surface area contributed by atoms with Crippen molar-refractivity contribution in [1.29, 1.82) is 0 Å². The van der Waals surface area contributed by atoms with Crippen LogP contribution in [-0.2, 0) is 14.3 Å². The molecule has 0 unspecified atom stereocenters. The topological polar surface area (TPSA) is 91.4 Å². The molecule has 180 valence electrons. The molecule has 1 aliphatic rings. The number of rotatable bonds is 10. The lowest BCUT2D eigenvalue weighted by atomic mass is 10.1. The second-order valence-electron chi connectivity index (χ2n) is 7.13. The van der Waals surface area contributed by atoms with Crippen molar-refractivity contribution in [3.8, 4) is 17.2 Å². The zero-order valence-corrected chi connectivity index (χ0v) is 20.5. The summed E-state index contributed by atoms with van der Waals surface area (Å²) in [5.41, 5.74) is 1.59. The summed E-state index contributed by atoms with van der Waals surface area (Å²) in [6, 6.07) is 10.7. The van der Waals surface area contributed by atoms with Gasteiger partial charge in [0.25, 0.3) is 11.1 Å². The fourth-order valence-corrected chi connectivity index (χ4v) is 4.24. The molecular formula is C24H24ClNO7S. The minimum absolute atomic E-state index is 0.126. The number of benzene rings is 2. The normalized spacial score (nSPS) is 14.5. The number of imide groups is 1. The van der Waals surface area contributed by atoms with Crippen molar-refractivity contribution in [3.63, 3.8) is 0 Å². The van der Waals surface area contributed by atoms with Gasteiger partial charge in [-0.3, -0.25) is 14.5 Å². The SMILES string of the molecule is CCOC(=O)COc1c(Cl)cc(/C=C2\SC(=O)N(CCOc3cccc(C)c3)C2=O)cc1OC. The van der Waals surface area contributed by atoms with E-state index in [9.17, 15) is 14.4 Å². The van der Waals surface area contributed by atoms with Crippen LogP contribution in [0.25, 0.3) is 6.08 Å². The molecule has 0 spiro atoms. The Morgan fingerprint density at radius 3 is 2.68 bits per heavy atom. The van der Waals surface area contributed by atoms with Gasteiger partial charge in [-0.15, -0.1) is 0 Å². The molecule has 2 aromatic carbocycles. The van der Waals surface area contributed by atoms with Crippen LogP contribution in [0.15, 0.2) is 41.3 Å². The number of methoxy groups -OCH3 is 1. The number of esters is 1. The molecule has 0 atom stereocenters. The van der Waals surface area contributed by atoms with Crippen molar-refractivity contribution >= 4 is 46.6 Å². The number of thioether (sulfide) groups is 1. The molecule has 0 N–H and O–H groups in total. The molecule has 2 aromatic rings. The van der Waals surface area contributed by atoms with E-state index in [2.05, 4.69) is 0 Å². The molecule has 10 heteroatoms. The van der Waals surface area contributed by atoms with Gasteiger partial charge in [-0.1, -0.05) is 23.7 Å². The average Bonchev–Trinajstić information content (AvgIpc) is 3.05. The number of halogens is 1. The van der Waals surface area contributed by atoms with E-state index in [-0.39, 0.29) is 53.0 Å². The molecule has 0 bridgehead atoms. The molecule has 0 radical (unpaired) electrons. The maximum atomic E-state index is 12.8. The first-order valence-corrected chi connectivity index (χ1v) is 11.6. The molecule has 1 fully saturated rings. The largest absolute Gasteiger partial charge is 0.493 e. The quantitative estimate of drug-likeness (QED) is 0.338. The second-order valence-corrected chi connectivity index (χ2v) is 8.53. The van der Waals surface area contributed by atoms with Crippen LogP contribution in [0.3, 0.4) is 0 Å². The Bertz CT molecular complexity index is 1120. The lowest BCUT2D eigenvalue weighted by Gasteiger charge is -2.14. The lowest BCUT2D eigenvalue weighted by Crippen LogP contribution is -2.32. The van der Waals surface area contributed by atoms with Gasteiger partial charge in [-0.2, -0.15) is 0 Å². The van der Waals surface area contributed by atoms with Crippen molar-refractivity contribution in [3.05, 3.63) is 57.5 Å². The van der Waals surface area contributed by atoms with Crippen LogP contribution in [0.5, 0.6) is 17.2 Å². The van der Waals surface area contributed by atoms with Gasteiger partial charge < -0.3 is 18.9 Å². The van der Waals surface area contributed by atoms with Crippen LogP contribution in [0.1, 0.15) is 18.1 Å². The summed E-state index contributed by atoms with van der Waals surface area (Å²) in [7, 11) is 1.43. The smallest absolute Gasteiger partial charge is 0.344 e. The van der Waals surface area contributed by atoms with Crippen LogP contribution in [0, 0.1) is 6.92 Å². The van der Waals surface area contributed by atoms with E-state index in [0.717, 1.165) is 22.2 Å². The van der Waals surface area contributed by atoms with Crippen LogP contribution in [-0.4, -0.2) is 55.5 Å². The number of carbonyl (C=O) groups excluding carboxylic acids is 3. The van der Waals surface area contributed by atoms with Gasteiger partial charge in [0.1, 0.15) is 12.4 Å². The number of aryl methyl sites for hydroxylation is 1. The molecular weight excluding hydrogens is 482 g/mol. The molecule has 2 amide bonds. The number of amides is 2. The van der Waals surface area contributed by atoms with Crippen molar-refractivity contribution in [2.24, 2.45) is 0 Å². The predicted octanol–water partition coefficient (Wildman–Crippen LogP) is 4.71. The first-order valence-electron chi connectivity index (χ1n) is 10.4. The van der Waals surface area contributed by atoms with Crippen LogP contribution < -0.4 is 14.2 Å². The molecule has 1 aliphatic heterocycles. The highest BCUT2D eigenvalue weighted by Gasteiger charge is 2.35. The number of nitrogens with zero attached hydrogens (tertiary/aromatic N) is 1. The fourth-order valence-electron chi connectivity index (χ4n) is 3.10. The first kappa shape index (κ1) is 25.5. The minimum Gasteiger partial charge on any atom is -0.493 e. The van der Waals surface area contributed by atoms with Crippen LogP contribution >= 0.6 is 23.4 Å². The summed E-state index contributed by atoms with van der Waals surface area (Å²) in [5, 5.41) is -0.197. The van der Waals surface area contributed by atoms with Crippen molar-refractivity contribution < 1.29 is 33.3 Å². The summed E-state index contributed by atoms with van der Waals surface area (Å²) < 4.78 is 21.3. The molecule has 1 heterocycles. The standard InChI is InChI=1S/C24H24ClNO7S/c1-4-31-21(27)14-33-22-18(25)11-16(12-19(22)30-3)13-20-23(28)26(24(29)34-20)8-9-32-17-7-5-6-15(2)10-17/h5-7,10-13H,4,8-9,14H2,1-3H3/b20-13-.